The molecule has 1 aromatic rings. The first-order valence-electron chi connectivity index (χ1n) is 6.63. The van der Waals surface area contributed by atoms with Crippen molar-refractivity contribution < 1.29 is 27.8 Å². The van der Waals surface area contributed by atoms with Gasteiger partial charge in [0.05, 0.1) is 13.7 Å². The van der Waals surface area contributed by atoms with Crippen LogP contribution in [0.1, 0.15) is 5.56 Å². The number of alkyl halides is 2. The number of hydrogen-bond donors (Lipinski definition) is 1. The summed E-state index contributed by atoms with van der Waals surface area (Å²) in [7, 11) is 4.45. The first-order chi connectivity index (χ1) is 10.8. The summed E-state index contributed by atoms with van der Waals surface area (Å²) >= 11 is 0. The second-order valence-corrected chi connectivity index (χ2v) is 4.60. The van der Waals surface area contributed by atoms with Crippen molar-refractivity contribution in [3.05, 3.63) is 29.8 Å². The molecule has 0 spiro atoms. The van der Waals surface area contributed by atoms with Crippen molar-refractivity contribution in [3.63, 3.8) is 0 Å². The highest BCUT2D eigenvalue weighted by Gasteiger charge is 2.14. The van der Waals surface area contributed by atoms with E-state index in [1.54, 1.807) is 20.2 Å². The number of halogens is 2. The molecule has 0 aliphatic heterocycles. The average molecular weight is 328 g/mol. The van der Waals surface area contributed by atoms with Crippen molar-refractivity contribution in [2.75, 3.05) is 27.7 Å². The molecular weight excluding hydrogens is 310 g/mol. The monoisotopic (exact) mass is 328 g/mol. The van der Waals surface area contributed by atoms with Crippen LogP contribution in [0.5, 0.6) is 11.5 Å². The van der Waals surface area contributed by atoms with E-state index in [1.165, 1.54) is 30.2 Å². The molecule has 1 aromatic carbocycles. The molecule has 1 rings (SSSR count). The molecule has 0 aliphatic carbocycles. The van der Waals surface area contributed by atoms with Crippen molar-refractivity contribution in [2.24, 2.45) is 0 Å². The van der Waals surface area contributed by atoms with Gasteiger partial charge in [0.15, 0.2) is 11.5 Å². The molecule has 0 radical (unpaired) electrons. The van der Waals surface area contributed by atoms with Crippen LogP contribution >= 0.6 is 0 Å². The van der Waals surface area contributed by atoms with Gasteiger partial charge in [-0.2, -0.15) is 8.78 Å². The van der Waals surface area contributed by atoms with Crippen LogP contribution in [0.3, 0.4) is 0 Å². The Balaban J connectivity index is 2.82. The number of ether oxygens (including phenoxy) is 2. The van der Waals surface area contributed by atoms with Crippen LogP contribution in [0.25, 0.3) is 6.08 Å². The molecule has 0 saturated heterocycles. The van der Waals surface area contributed by atoms with E-state index in [0.717, 1.165) is 6.08 Å². The third-order valence-corrected chi connectivity index (χ3v) is 2.76. The molecule has 0 bridgehead atoms. The lowest BCUT2D eigenvalue weighted by Crippen LogP contribution is -2.35. The quantitative estimate of drug-likeness (QED) is 0.771. The van der Waals surface area contributed by atoms with E-state index in [1.807, 2.05) is 0 Å². The van der Waals surface area contributed by atoms with E-state index in [9.17, 15) is 18.4 Å². The summed E-state index contributed by atoms with van der Waals surface area (Å²) in [5, 5.41) is 2.39. The molecule has 0 heterocycles. The fourth-order valence-electron chi connectivity index (χ4n) is 1.59. The minimum atomic E-state index is -3.02. The molecule has 126 valence electrons. The Bertz CT molecular complexity index is 589. The largest absolute Gasteiger partial charge is 0.493 e. The number of hydrogen-bond acceptors (Lipinski definition) is 4. The van der Waals surface area contributed by atoms with Gasteiger partial charge in [-0.15, -0.1) is 0 Å². The minimum Gasteiger partial charge on any atom is -0.493 e. The van der Waals surface area contributed by atoms with Crippen molar-refractivity contribution in [3.8, 4) is 11.5 Å². The SMILES string of the molecule is COc1cccc(/C=C/C(=O)NCC(=O)N(C)C)c1OC(F)F. The van der Waals surface area contributed by atoms with Crippen molar-refractivity contribution in [1.82, 2.24) is 10.2 Å². The van der Waals surface area contributed by atoms with E-state index >= 15 is 0 Å². The summed E-state index contributed by atoms with van der Waals surface area (Å²) in [6.07, 6.45) is 2.42. The molecule has 0 fully saturated rings. The number of rotatable bonds is 7. The second-order valence-electron chi connectivity index (χ2n) is 4.60. The lowest BCUT2D eigenvalue weighted by molar-refractivity contribution is -0.129. The molecule has 0 atom stereocenters. The van der Waals surface area contributed by atoms with Crippen molar-refractivity contribution in [1.29, 1.82) is 0 Å². The summed E-state index contributed by atoms with van der Waals surface area (Å²) in [5.41, 5.74) is 0.249. The van der Waals surface area contributed by atoms with Crippen LogP contribution in [-0.4, -0.2) is 51.1 Å². The molecule has 23 heavy (non-hydrogen) atoms. The maximum absolute atomic E-state index is 12.5. The maximum Gasteiger partial charge on any atom is 0.387 e. The zero-order chi connectivity index (χ0) is 17.4. The fraction of sp³-hybridized carbons (Fsp3) is 0.333. The van der Waals surface area contributed by atoms with E-state index in [0.29, 0.717) is 0 Å². The first-order valence-corrected chi connectivity index (χ1v) is 6.63. The van der Waals surface area contributed by atoms with Gasteiger partial charge in [-0.05, 0) is 12.1 Å². The highest BCUT2D eigenvalue weighted by molar-refractivity contribution is 5.94. The van der Waals surface area contributed by atoms with E-state index in [-0.39, 0.29) is 29.5 Å². The fourth-order valence-corrected chi connectivity index (χ4v) is 1.59. The van der Waals surface area contributed by atoms with E-state index in [2.05, 4.69) is 10.1 Å². The third kappa shape index (κ3) is 5.93. The number of benzene rings is 1. The number of carbonyl (C=O) groups is 2. The van der Waals surface area contributed by atoms with Crippen LogP contribution in [0.2, 0.25) is 0 Å². The number of nitrogens with one attached hydrogen (secondary N) is 1. The third-order valence-electron chi connectivity index (χ3n) is 2.76. The Labute approximate surface area is 132 Å². The molecule has 0 saturated carbocycles. The number of carbonyl (C=O) groups excluding carboxylic acids is 2. The number of nitrogens with zero attached hydrogens (tertiary/aromatic N) is 1. The number of likely N-dealkylation sites (N-methyl/N-ethyl adjacent to an activating group) is 1. The highest BCUT2D eigenvalue weighted by atomic mass is 19.3. The first kappa shape index (κ1) is 18.4. The molecule has 0 aliphatic rings. The number of para-hydroxylation sites is 1. The Morgan fingerprint density at radius 3 is 2.61 bits per heavy atom. The average Bonchev–Trinajstić information content (AvgIpc) is 2.50. The number of methoxy groups -OCH3 is 1. The van der Waals surface area contributed by atoms with Gasteiger partial charge < -0.3 is 19.7 Å². The smallest absolute Gasteiger partial charge is 0.387 e. The van der Waals surface area contributed by atoms with E-state index in [4.69, 9.17) is 4.74 Å². The Hall–Kier alpha value is -2.64. The molecule has 8 heteroatoms. The summed E-state index contributed by atoms with van der Waals surface area (Å²) in [6.45, 7) is -3.18. The Kier molecular flexibility index (Phi) is 6.98. The predicted molar refractivity (Wildman–Crippen MR) is 80.4 cm³/mol. The van der Waals surface area contributed by atoms with Gasteiger partial charge in [-0.25, -0.2) is 0 Å². The van der Waals surface area contributed by atoms with Gasteiger partial charge in [0.2, 0.25) is 11.8 Å². The topological polar surface area (TPSA) is 67.9 Å². The summed E-state index contributed by atoms with van der Waals surface area (Å²) in [5.74, 6) is -0.852. The van der Waals surface area contributed by atoms with Crippen LogP contribution in [0, 0.1) is 0 Å². The van der Waals surface area contributed by atoms with Crippen LogP contribution in [-0.2, 0) is 9.59 Å². The second kappa shape index (κ2) is 8.72. The zero-order valence-corrected chi connectivity index (χ0v) is 13.0. The van der Waals surface area contributed by atoms with Gasteiger partial charge in [0.1, 0.15) is 0 Å². The van der Waals surface area contributed by atoms with Crippen molar-refractivity contribution >= 4 is 17.9 Å². The van der Waals surface area contributed by atoms with Gasteiger partial charge >= 0.3 is 6.61 Å². The molecule has 0 aromatic heterocycles. The number of amides is 2. The summed E-state index contributed by atoms with van der Waals surface area (Å²) in [6, 6.07) is 4.53. The van der Waals surface area contributed by atoms with Crippen LogP contribution < -0.4 is 14.8 Å². The lowest BCUT2D eigenvalue weighted by atomic mass is 10.1. The van der Waals surface area contributed by atoms with E-state index < -0.39 is 12.5 Å². The van der Waals surface area contributed by atoms with Crippen LogP contribution in [0.15, 0.2) is 24.3 Å². The molecule has 1 N–H and O–H groups in total. The lowest BCUT2D eigenvalue weighted by Gasteiger charge is -2.12. The Morgan fingerprint density at radius 1 is 1.35 bits per heavy atom. The van der Waals surface area contributed by atoms with Crippen molar-refractivity contribution in [2.45, 2.75) is 6.61 Å². The highest BCUT2D eigenvalue weighted by Crippen LogP contribution is 2.33. The molecule has 0 unspecified atom stereocenters. The zero-order valence-electron chi connectivity index (χ0n) is 13.0. The summed E-state index contributed by atoms with van der Waals surface area (Å²) in [4.78, 5) is 24.3. The van der Waals surface area contributed by atoms with Gasteiger partial charge in [0.25, 0.3) is 0 Å². The molecule has 2 amide bonds. The summed E-state index contributed by atoms with van der Waals surface area (Å²) < 4.78 is 34.3. The maximum atomic E-state index is 12.5. The van der Waals surface area contributed by atoms with Gasteiger partial charge in [-0.1, -0.05) is 12.1 Å². The predicted octanol–water partition coefficient (Wildman–Crippen LogP) is 1.51. The molecule has 6 nitrogen and oxygen atoms in total. The van der Waals surface area contributed by atoms with Gasteiger partial charge in [0, 0.05) is 25.7 Å². The van der Waals surface area contributed by atoms with Crippen LogP contribution in [0.4, 0.5) is 8.78 Å². The normalized spacial score (nSPS) is 10.7. The molecular formula is C15H18F2N2O4. The Morgan fingerprint density at radius 2 is 2.04 bits per heavy atom. The van der Waals surface area contributed by atoms with Gasteiger partial charge in [-0.3, -0.25) is 9.59 Å². The standard InChI is InChI=1S/C15H18F2N2O4/c1-19(2)13(21)9-18-12(20)8-7-10-5-4-6-11(22-3)14(10)23-15(16)17/h4-8,15H,9H2,1-3H3,(H,18,20)/b8-7+. The minimum absolute atomic E-state index is 0.121.